The lowest BCUT2D eigenvalue weighted by Crippen LogP contribution is -2.29. The minimum Gasteiger partial charge on any atom is -0.407 e. The number of hydrogen-bond acceptors (Lipinski definition) is 6. The van der Waals surface area contributed by atoms with Crippen LogP contribution >= 0.6 is 12.4 Å². The molecule has 9 nitrogen and oxygen atoms in total. The number of nitrogens with one attached hydrogen (secondary N) is 2. The van der Waals surface area contributed by atoms with E-state index >= 15 is 0 Å². The van der Waals surface area contributed by atoms with Gasteiger partial charge in [0.05, 0.1) is 16.5 Å². The van der Waals surface area contributed by atoms with E-state index in [0.717, 1.165) is 19.5 Å². The highest BCUT2D eigenvalue weighted by atomic mass is 35.5. The summed E-state index contributed by atoms with van der Waals surface area (Å²) in [6.45, 7) is 2.62. The van der Waals surface area contributed by atoms with E-state index in [4.69, 9.17) is 4.42 Å². The molecule has 27 heavy (non-hydrogen) atoms. The number of aromatic nitrogens is 1. The number of nitro groups is 1. The molecular weight excluding hydrogens is 376 g/mol. The maximum atomic E-state index is 11.9. The number of aryl methyl sites for hydroxylation is 1. The number of halogens is 1. The third kappa shape index (κ3) is 5.18. The Labute approximate surface area is 161 Å². The van der Waals surface area contributed by atoms with Crippen molar-refractivity contribution in [2.75, 3.05) is 19.6 Å². The Kier molecular flexibility index (Phi) is 7.14. The molecule has 2 N–H and O–H groups in total. The minimum atomic E-state index is -0.583. The molecule has 0 unspecified atom stereocenters. The molecule has 1 aromatic heterocycles. The van der Waals surface area contributed by atoms with Crippen LogP contribution in [0.5, 0.6) is 0 Å². The molecule has 0 bridgehead atoms. The fourth-order valence-corrected chi connectivity index (χ4v) is 2.91. The summed E-state index contributed by atoms with van der Waals surface area (Å²) in [5.74, 6) is -0.651. The van der Waals surface area contributed by atoms with Gasteiger partial charge in [0.1, 0.15) is 0 Å². The number of rotatable bonds is 7. The summed E-state index contributed by atoms with van der Waals surface area (Å²) in [6.07, 6.45) is 3.78. The highest BCUT2D eigenvalue weighted by Crippen LogP contribution is 2.20. The number of fused-ring (bicyclic) bond motifs is 1. The first-order valence-corrected chi connectivity index (χ1v) is 8.47. The van der Waals surface area contributed by atoms with Gasteiger partial charge >= 0.3 is 5.76 Å². The predicted octanol–water partition coefficient (Wildman–Crippen LogP) is 1.74. The van der Waals surface area contributed by atoms with Crippen molar-refractivity contribution in [2.24, 2.45) is 0 Å². The van der Waals surface area contributed by atoms with E-state index < -0.39 is 10.7 Å². The summed E-state index contributed by atoms with van der Waals surface area (Å²) in [5, 5.41) is 16.9. The number of carbonyl (C=O) groups excluding carboxylic acids is 1. The lowest BCUT2D eigenvalue weighted by Gasteiger charge is -2.14. The topological polar surface area (TPSA) is 119 Å². The number of oxazole rings is 1. The Hall–Kier alpha value is -2.65. The van der Waals surface area contributed by atoms with Crippen molar-refractivity contribution in [1.29, 1.82) is 0 Å². The predicted molar refractivity (Wildman–Crippen MR) is 102 cm³/mol. The third-order valence-electron chi connectivity index (χ3n) is 4.32. The van der Waals surface area contributed by atoms with Gasteiger partial charge in [-0.25, -0.2) is 4.79 Å². The summed E-state index contributed by atoms with van der Waals surface area (Å²) >= 11 is 0. The number of amides is 1. The van der Waals surface area contributed by atoms with Crippen molar-refractivity contribution in [3.8, 4) is 0 Å². The van der Waals surface area contributed by atoms with Crippen LogP contribution in [-0.4, -0.2) is 35.0 Å². The van der Waals surface area contributed by atoms with Gasteiger partial charge in [0.2, 0.25) is 5.91 Å². The Bertz CT molecular complexity index is 918. The molecule has 2 aromatic rings. The quantitative estimate of drug-likeness (QED) is 0.418. The number of nitro benzene ring substituents is 1. The van der Waals surface area contributed by atoms with Crippen molar-refractivity contribution in [3.05, 3.63) is 50.5 Å². The van der Waals surface area contributed by atoms with Gasteiger partial charge in [-0.15, -0.1) is 12.4 Å². The van der Waals surface area contributed by atoms with Crippen LogP contribution in [0.15, 0.2) is 39.1 Å². The molecule has 1 amide bonds. The molecule has 1 aromatic carbocycles. The van der Waals surface area contributed by atoms with E-state index in [1.54, 1.807) is 0 Å². The number of carbonyl (C=O) groups is 1. The van der Waals surface area contributed by atoms with Crippen LogP contribution in [-0.2, 0) is 11.3 Å². The number of nitrogens with zero attached hydrogens (tertiary/aromatic N) is 2. The molecule has 0 fully saturated rings. The van der Waals surface area contributed by atoms with Gasteiger partial charge in [-0.3, -0.25) is 19.5 Å². The largest absolute Gasteiger partial charge is 0.419 e. The minimum absolute atomic E-state index is 0. The molecule has 0 atom stereocenters. The second-order valence-electron chi connectivity index (χ2n) is 6.13. The number of hydrogen-bond donors (Lipinski definition) is 2. The second-order valence-corrected chi connectivity index (χ2v) is 6.13. The van der Waals surface area contributed by atoms with Crippen LogP contribution in [0.2, 0.25) is 0 Å². The molecule has 0 aliphatic carbocycles. The van der Waals surface area contributed by atoms with Crippen molar-refractivity contribution >= 4 is 35.1 Å². The molecule has 1 aliphatic rings. The lowest BCUT2D eigenvalue weighted by molar-refractivity contribution is -0.384. The van der Waals surface area contributed by atoms with E-state index in [0.29, 0.717) is 25.0 Å². The molecule has 0 radical (unpaired) electrons. The lowest BCUT2D eigenvalue weighted by atomic mass is 10.1. The molecule has 0 saturated carbocycles. The molecule has 146 valence electrons. The summed E-state index contributed by atoms with van der Waals surface area (Å²) in [7, 11) is 0. The van der Waals surface area contributed by atoms with Crippen LogP contribution in [0.4, 0.5) is 5.69 Å². The summed E-state index contributed by atoms with van der Waals surface area (Å²) in [4.78, 5) is 34.1. The Morgan fingerprint density at radius 1 is 1.41 bits per heavy atom. The van der Waals surface area contributed by atoms with Crippen LogP contribution in [0, 0.1) is 10.1 Å². The van der Waals surface area contributed by atoms with Gasteiger partial charge in [-0.1, -0.05) is 11.6 Å². The Morgan fingerprint density at radius 3 is 2.93 bits per heavy atom. The van der Waals surface area contributed by atoms with E-state index in [9.17, 15) is 19.7 Å². The maximum Gasteiger partial charge on any atom is 0.419 e. The smallest absolute Gasteiger partial charge is 0.407 e. The van der Waals surface area contributed by atoms with Gasteiger partial charge in [-0.05, 0) is 25.5 Å². The van der Waals surface area contributed by atoms with E-state index in [-0.39, 0.29) is 36.0 Å². The first-order chi connectivity index (χ1) is 12.5. The van der Waals surface area contributed by atoms with Gasteiger partial charge < -0.3 is 15.1 Å². The van der Waals surface area contributed by atoms with Crippen LogP contribution in [0.25, 0.3) is 11.1 Å². The van der Waals surface area contributed by atoms with Gasteiger partial charge in [0.25, 0.3) is 5.69 Å². The Balaban J connectivity index is 0.00000261. The zero-order valence-electron chi connectivity index (χ0n) is 14.6. The van der Waals surface area contributed by atoms with Crippen molar-refractivity contribution in [1.82, 2.24) is 15.2 Å². The standard InChI is InChI=1S/C17H20N4O5.ClH/c22-16(19-11-12-5-7-18-8-6-12)2-1-9-20-14-4-3-13(21(24)25)10-15(14)26-17(20)23;/h3-5,10,18H,1-2,6-9,11H2,(H,19,22);1H. The van der Waals surface area contributed by atoms with Crippen LogP contribution in [0.1, 0.15) is 19.3 Å². The first kappa shape index (κ1) is 20.7. The normalized spacial score (nSPS) is 13.7. The molecule has 0 saturated heterocycles. The molecule has 1 aliphatic heterocycles. The Morgan fingerprint density at radius 2 is 2.22 bits per heavy atom. The fraction of sp³-hybridized carbons (Fsp3) is 0.412. The van der Waals surface area contributed by atoms with Crippen molar-refractivity contribution < 1.29 is 14.1 Å². The molecule has 0 spiro atoms. The average molecular weight is 397 g/mol. The molecule has 3 rings (SSSR count). The molecule has 10 heteroatoms. The summed E-state index contributed by atoms with van der Waals surface area (Å²) < 4.78 is 6.45. The zero-order chi connectivity index (χ0) is 18.5. The second kappa shape index (κ2) is 9.33. The molecular formula is C17H21ClN4O5. The van der Waals surface area contributed by atoms with Crippen molar-refractivity contribution in [2.45, 2.75) is 25.8 Å². The van der Waals surface area contributed by atoms with Gasteiger partial charge in [-0.2, -0.15) is 0 Å². The van der Waals surface area contributed by atoms with E-state index in [1.165, 1.54) is 28.3 Å². The van der Waals surface area contributed by atoms with E-state index in [2.05, 4.69) is 16.7 Å². The highest BCUT2D eigenvalue weighted by molar-refractivity contribution is 5.85. The molecule has 2 heterocycles. The highest BCUT2D eigenvalue weighted by Gasteiger charge is 2.14. The van der Waals surface area contributed by atoms with E-state index in [1.807, 2.05) is 0 Å². The van der Waals surface area contributed by atoms with Crippen LogP contribution < -0.4 is 16.4 Å². The van der Waals surface area contributed by atoms with Crippen LogP contribution in [0.3, 0.4) is 0 Å². The first-order valence-electron chi connectivity index (χ1n) is 8.47. The maximum absolute atomic E-state index is 11.9. The average Bonchev–Trinajstić information content (AvgIpc) is 2.95. The van der Waals surface area contributed by atoms with Gasteiger partial charge in [0, 0.05) is 32.1 Å². The van der Waals surface area contributed by atoms with Gasteiger partial charge in [0.15, 0.2) is 5.58 Å². The summed E-state index contributed by atoms with van der Waals surface area (Å²) in [6, 6.07) is 4.04. The zero-order valence-corrected chi connectivity index (χ0v) is 15.4. The number of benzene rings is 1. The fourth-order valence-electron chi connectivity index (χ4n) is 2.91. The number of non-ortho nitro benzene ring substituents is 1. The summed E-state index contributed by atoms with van der Waals surface area (Å²) in [5.41, 5.74) is 1.74. The third-order valence-corrected chi connectivity index (χ3v) is 4.32. The van der Waals surface area contributed by atoms with Crippen molar-refractivity contribution in [3.63, 3.8) is 0 Å². The monoisotopic (exact) mass is 396 g/mol. The SMILES string of the molecule is Cl.O=C(CCCn1c(=O)oc2cc([N+](=O)[O-])ccc21)NCC1=CCNCC1.